The lowest BCUT2D eigenvalue weighted by molar-refractivity contribution is -0.135. The summed E-state index contributed by atoms with van der Waals surface area (Å²) in [4.78, 5) is 13.7. The molecule has 1 unspecified atom stereocenters. The molecule has 16 heavy (non-hydrogen) atoms. The first-order chi connectivity index (χ1) is 7.54. The van der Waals surface area contributed by atoms with Crippen molar-refractivity contribution in [1.82, 2.24) is 4.90 Å². The molecule has 1 aliphatic rings. The van der Waals surface area contributed by atoms with Gasteiger partial charge in [-0.3, -0.25) is 4.79 Å². The van der Waals surface area contributed by atoms with E-state index in [1.807, 2.05) is 6.92 Å². The van der Waals surface area contributed by atoms with E-state index in [4.69, 9.17) is 11.0 Å². The monoisotopic (exact) mass is 223 g/mol. The van der Waals surface area contributed by atoms with Gasteiger partial charge in [0.25, 0.3) is 0 Å². The van der Waals surface area contributed by atoms with Crippen molar-refractivity contribution >= 4 is 5.91 Å². The van der Waals surface area contributed by atoms with Crippen LogP contribution in [0.4, 0.5) is 0 Å². The molecular weight excluding hydrogens is 202 g/mol. The minimum atomic E-state index is -0.00704. The molecule has 4 nitrogen and oxygen atoms in total. The van der Waals surface area contributed by atoms with Crippen molar-refractivity contribution in [3.63, 3.8) is 0 Å². The van der Waals surface area contributed by atoms with Crippen LogP contribution < -0.4 is 5.73 Å². The van der Waals surface area contributed by atoms with Gasteiger partial charge < -0.3 is 10.6 Å². The molecule has 4 heteroatoms. The van der Waals surface area contributed by atoms with E-state index >= 15 is 0 Å². The maximum atomic E-state index is 12.0. The summed E-state index contributed by atoms with van der Waals surface area (Å²) in [7, 11) is 1.77. The number of carbonyl (C=O) groups excluding carboxylic acids is 1. The minimum Gasteiger partial charge on any atom is -0.342 e. The molecule has 0 radical (unpaired) electrons. The van der Waals surface area contributed by atoms with Crippen LogP contribution in [0.3, 0.4) is 0 Å². The van der Waals surface area contributed by atoms with Crippen molar-refractivity contribution in [2.24, 2.45) is 11.1 Å². The molecule has 1 saturated carbocycles. The van der Waals surface area contributed by atoms with Crippen molar-refractivity contribution in [2.75, 3.05) is 13.6 Å². The van der Waals surface area contributed by atoms with Crippen molar-refractivity contribution in [3.05, 3.63) is 0 Å². The molecule has 0 aromatic heterocycles. The molecule has 0 aromatic carbocycles. The second kappa shape index (κ2) is 5.31. The van der Waals surface area contributed by atoms with Crippen LogP contribution in [-0.4, -0.2) is 30.4 Å². The highest BCUT2D eigenvalue weighted by Crippen LogP contribution is 2.43. The summed E-state index contributed by atoms with van der Waals surface area (Å²) in [6.45, 7) is 2.50. The highest BCUT2D eigenvalue weighted by molar-refractivity contribution is 5.77. The molecule has 1 rings (SSSR count). The SMILES string of the molecule is CC(CC#N)N(C)C(=O)CC1(CN)CCC1. The molecule has 1 amide bonds. The Morgan fingerprint density at radius 3 is 2.62 bits per heavy atom. The number of nitriles is 1. The smallest absolute Gasteiger partial charge is 0.223 e. The third kappa shape index (κ3) is 2.73. The Bertz CT molecular complexity index is 286. The van der Waals surface area contributed by atoms with Crippen molar-refractivity contribution in [1.29, 1.82) is 5.26 Å². The van der Waals surface area contributed by atoms with E-state index in [1.54, 1.807) is 11.9 Å². The summed E-state index contributed by atoms with van der Waals surface area (Å²) < 4.78 is 0. The normalized spacial score (nSPS) is 19.4. The predicted molar refractivity (Wildman–Crippen MR) is 62.4 cm³/mol. The molecule has 0 aromatic rings. The average Bonchev–Trinajstić information content (AvgIpc) is 2.22. The number of amides is 1. The standard InChI is InChI=1S/C12H21N3O/c1-10(4-7-13)15(2)11(16)8-12(9-14)5-3-6-12/h10H,3-6,8-9,14H2,1-2H3. The molecule has 0 bridgehead atoms. The fourth-order valence-electron chi connectivity index (χ4n) is 2.09. The van der Waals surface area contributed by atoms with E-state index in [0.29, 0.717) is 19.4 Å². The highest BCUT2D eigenvalue weighted by Gasteiger charge is 2.38. The van der Waals surface area contributed by atoms with E-state index in [2.05, 4.69) is 6.07 Å². The van der Waals surface area contributed by atoms with Gasteiger partial charge in [-0.25, -0.2) is 0 Å². The maximum Gasteiger partial charge on any atom is 0.223 e. The van der Waals surface area contributed by atoms with E-state index in [1.165, 1.54) is 6.42 Å². The minimum absolute atomic E-state index is 0.00704. The summed E-state index contributed by atoms with van der Waals surface area (Å²) in [6, 6.07) is 2.08. The summed E-state index contributed by atoms with van der Waals surface area (Å²) in [5.41, 5.74) is 5.78. The fourth-order valence-corrected chi connectivity index (χ4v) is 2.09. The Balaban J connectivity index is 2.48. The molecule has 1 aliphatic carbocycles. The lowest BCUT2D eigenvalue weighted by Crippen LogP contribution is -2.44. The Labute approximate surface area is 97.4 Å². The van der Waals surface area contributed by atoms with Crippen LogP contribution in [0.15, 0.2) is 0 Å². The number of carbonyl (C=O) groups is 1. The molecular formula is C12H21N3O. The zero-order valence-electron chi connectivity index (χ0n) is 10.2. The van der Waals surface area contributed by atoms with E-state index in [9.17, 15) is 4.79 Å². The summed E-state index contributed by atoms with van der Waals surface area (Å²) >= 11 is 0. The predicted octanol–water partition coefficient (Wildman–Crippen LogP) is 1.27. The van der Waals surface area contributed by atoms with Gasteiger partial charge in [-0.05, 0) is 31.7 Å². The Kier molecular flexibility index (Phi) is 4.31. The maximum absolute atomic E-state index is 12.0. The first-order valence-corrected chi connectivity index (χ1v) is 5.87. The lowest BCUT2D eigenvalue weighted by atomic mass is 9.66. The first kappa shape index (κ1) is 13.0. The van der Waals surface area contributed by atoms with Crippen LogP contribution in [0.1, 0.15) is 39.0 Å². The molecule has 0 saturated heterocycles. The van der Waals surface area contributed by atoms with Gasteiger partial charge in [-0.1, -0.05) is 6.42 Å². The van der Waals surface area contributed by atoms with Crippen LogP contribution in [-0.2, 0) is 4.79 Å². The van der Waals surface area contributed by atoms with Crippen LogP contribution in [0.25, 0.3) is 0 Å². The second-order valence-electron chi connectivity index (χ2n) is 4.95. The average molecular weight is 223 g/mol. The molecule has 1 atom stereocenters. The number of nitrogens with zero attached hydrogens (tertiary/aromatic N) is 2. The van der Waals surface area contributed by atoms with Gasteiger partial charge in [0, 0.05) is 19.5 Å². The quantitative estimate of drug-likeness (QED) is 0.763. The number of rotatable bonds is 5. The Morgan fingerprint density at radius 1 is 1.62 bits per heavy atom. The van der Waals surface area contributed by atoms with Gasteiger partial charge in [-0.15, -0.1) is 0 Å². The van der Waals surface area contributed by atoms with Gasteiger partial charge in [0.15, 0.2) is 0 Å². The largest absolute Gasteiger partial charge is 0.342 e. The van der Waals surface area contributed by atoms with Crippen molar-refractivity contribution < 1.29 is 4.79 Å². The number of nitrogens with two attached hydrogens (primary N) is 1. The van der Waals surface area contributed by atoms with Gasteiger partial charge in [0.1, 0.15) is 0 Å². The van der Waals surface area contributed by atoms with E-state index in [0.717, 1.165) is 12.8 Å². The fraction of sp³-hybridized carbons (Fsp3) is 0.833. The van der Waals surface area contributed by atoms with Gasteiger partial charge >= 0.3 is 0 Å². The van der Waals surface area contributed by atoms with Crippen LogP contribution >= 0.6 is 0 Å². The number of hydrogen-bond acceptors (Lipinski definition) is 3. The van der Waals surface area contributed by atoms with Gasteiger partial charge in [0.05, 0.1) is 12.5 Å². The van der Waals surface area contributed by atoms with E-state index in [-0.39, 0.29) is 17.4 Å². The second-order valence-corrected chi connectivity index (χ2v) is 4.95. The first-order valence-electron chi connectivity index (χ1n) is 5.87. The molecule has 2 N–H and O–H groups in total. The summed E-state index contributed by atoms with van der Waals surface area (Å²) in [5, 5.41) is 8.60. The molecule has 0 aliphatic heterocycles. The van der Waals surface area contributed by atoms with Crippen molar-refractivity contribution in [3.8, 4) is 6.07 Å². The molecule has 90 valence electrons. The van der Waals surface area contributed by atoms with Gasteiger partial charge in [0.2, 0.25) is 5.91 Å². The topological polar surface area (TPSA) is 70.1 Å². The van der Waals surface area contributed by atoms with Crippen LogP contribution in [0.5, 0.6) is 0 Å². The lowest BCUT2D eigenvalue weighted by Gasteiger charge is -2.41. The summed E-state index contributed by atoms with van der Waals surface area (Å²) in [6.07, 6.45) is 4.24. The van der Waals surface area contributed by atoms with Crippen LogP contribution in [0.2, 0.25) is 0 Å². The third-order valence-corrected chi connectivity index (χ3v) is 3.81. The molecule has 0 spiro atoms. The van der Waals surface area contributed by atoms with Crippen molar-refractivity contribution in [2.45, 2.75) is 45.1 Å². The summed E-state index contributed by atoms with van der Waals surface area (Å²) in [5.74, 6) is 0.118. The Morgan fingerprint density at radius 2 is 2.25 bits per heavy atom. The highest BCUT2D eigenvalue weighted by atomic mass is 16.2. The Hall–Kier alpha value is -1.08. The third-order valence-electron chi connectivity index (χ3n) is 3.81. The van der Waals surface area contributed by atoms with Crippen LogP contribution in [0, 0.1) is 16.7 Å². The van der Waals surface area contributed by atoms with Gasteiger partial charge in [-0.2, -0.15) is 5.26 Å². The zero-order valence-corrected chi connectivity index (χ0v) is 10.2. The molecule has 1 fully saturated rings. The van der Waals surface area contributed by atoms with E-state index < -0.39 is 0 Å². The molecule has 0 heterocycles. The zero-order chi connectivity index (χ0) is 12.2. The number of hydrogen-bond donors (Lipinski definition) is 1.